The van der Waals surface area contributed by atoms with Crippen molar-refractivity contribution in [1.82, 2.24) is 4.90 Å². The Hall–Kier alpha value is -1.66. The van der Waals surface area contributed by atoms with Crippen LogP contribution in [-0.4, -0.2) is 36.4 Å². The van der Waals surface area contributed by atoms with E-state index in [1.807, 2.05) is 40.2 Å². The molecule has 1 aromatic carbocycles. The number of amides is 1. The smallest absolute Gasteiger partial charge is 0.263 e. The number of thiophene rings is 1. The molecular formula is C17H17NO3S2. The third-order valence-electron chi connectivity index (χ3n) is 4.13. The number of rotatable bonds is 2. The van der Waals surface area contributed by atoms with Crippen molar-refractivity contribution in [2.24, 2.45) is 0 Å². The summed E-state index contributed by atoms with van der Waals surface area (Å²) in [5.41, 5.74) is 1.25. The summed E-state index contributed by atoms with van der Waals surface area (Å²) in [6, 6.07) is 10.0. The zero-order valence-corrected chi connectivity index (χ0v) is 14.2. The van der Waals surface area contributed by atoms with E-state index >= 15 is 0 Å². The van der Waals surface area contributed by atoms with Gasteiger partial charge in [-0.05, 0) is 35.6 Å². The van der Waals surface area contributed by atoms with E-state index in [0.29, 0.717) is 12.0 Å². The van der Waals surface area contributed by atoms with Crippen LogP contribution in [0.5, 0.6) is 11.5 Å². The van der Waals surface area contributed by atoms with E-state index < -0.39 is 0 Å². The first-order valence-electron chi connectivity index (χ1n) is 7.65. The van der Waals surface area contributed by atoms with Gasteiger partial charge in [0.05, 0.1) is 4.88 Å². The van der Waals surface area contributed by atoms with Crippen LogP contribution in [0.3, 0.4) is 0 Å². The highest BCUT2D eigenvalue weighted by Crippen LogP contribution is 2.40. The molecule has 3 heterocycles. The molecular weight excluding hydrogens is 330 g/mol. The molecule has 0 aliphatic carbocycles. The molecule has 2 aliphatic rings. The molecule has 0 N–H and O–H groups in total. The second-order valence-electron chi connectivity index (χ2n) is 5.53. The van der Waals surface area contributed by atoms with Crippen molar-refractivity contribution in [1.29, 1.82) is 0 Å². The largest absolute Gasteiger partial charge is 0.454 e. The number of hydrogen-bond donors (Lipinski definition) is 0. The maximum Gasteiger partial charge on any atom is 0.263 e. The van der Waals surface area contributed by atoms with Gasteiger partial charge in [0.15, 0.2) is 11.5 Å². The van der Waals surface area contributed by atoms with Crippen molar-refractivity contribution in [2.75, 3.05) is 25.6 Å². The highest BCUT2D eigenvalue weighted by molar-refractivity contribution is 7.99. The van der Waals surface area contributed by atoms with Gasteiger partial charge in [-0.2, -0.15) is 11.8 Å². The molecule has 120 valence electrons. The molecule has 0 radical (unpaired) electrons. The van der Waals surface area contributed by atoms with Gasteiger partial charge in [-0.3, -0.25) is 4.79 Å². The minimum absolute atomic E-state index is 0.159. The fourth-order valence-corrected chi connectivity index (χ4v) is 4.82. The van der Waals surface area contributed by atoms with Gasteiger partial charge in [-0.1, -0.05) is 12.1 Å². The van der Waals surface area contributed by atoms with E-state index in [1.54, 1.807) is 0 Å². The monoisotopic (exact) mass is 347 g/mol. The summed E-state index contributed by atoms with van der Waals surface area (Å²) in [5, 5.41) is 2.35. The quantitative estimate of drug-likeness (QED) is 0.828. The highest BCUT2D eigenvalue weighted by atomic mass is 32.2. The standard InChI is InChI=1S/C17H17NO3S2/c19-17(16-2-1-8-22-16)18-6-5-15(23-9-7-18)12-3-4-13-14(10-12)21-11-20-13/h1-4,8,10,15H,5-7,9,11H2. The summed E-state index contributed by atoms with van der Waals surface area (Å²) in [4.78, 5) is 15.3. The van der Waals surface area contributed by atoms with E-state index in [1.165, 1.54) is 16.9 Å². The van der Waals surface area contributed by atoms with Gasteiger partial charge in [-0.15, -0.1) is 11.3 Å². The van der Waals surface area contributed by atoms with E-state index in [4.69, 9.17) is 9.47 Å². The molecule has 4 rings (SSSR count). The van der Waals surface area contributed by atoms with Crippen LogP contribution in [0.25, 0.3) is 0 Å². The Labute approximate surface area is 143 Å². The molecule has 23 heavy (non-hydrogen) atoms. The lowest BCUT2D eigenvalue weighted by Gasteiger charge is -2.19. The minimum Gasteiger partial charge on any atom is -0.454 e. The summed E-state index contributed by atoms with van der Waals surface area (Å²) in [6.45, 7) is 1.91. The van der Waals surface area contributed by atoms with Gasteiger partial charge in [0, 0.05) is 24.1 Å². The molecule has 1 atom stereocenters. The molecule has 2 aliphatic heterocycles. The Morgan fingerprint density at radius 3 is 2.96 bits per heavy atom. The predicted molar refractivity (Wildman–Crippen MR) is 92.6 cm³/mol. The molecule has 4 nitrogen and oxygen atoms in total. The molecule has 1 unspecified atom stereocenters. The molecule has 0 spiro atoms. The molecule has 1 saturated heterocycles. The fourth-order valence-electron chi connectivity index (χ4n) is 2.91. The lowest BCUT2D eigenvalue weighted by Crippen LogP contribution is -2.32. The lowest BCUT2D eigenvalue weighted by molar-refractivity contribution is 0.0771. The van der Waals surface area contributed by atoms with E-state index in [0.717, 1.165) is 41.6 Å². The van der Waals surface area contributed by atoms with Crippen LogP contribution in [-0.2, 0) is 0 Å². The summed E-state index contributed by atoms with van der Waals surface area (Å²) in [6.07, 6.45) is 0.960. The maximum absolute atomic E-state index is 12.5. The van der Waals surface area contributed by atoms with Gasteiger partial charge in [0.1, 0.15) is 0 Å². The zero-order valence-electron chi connectivity index (χ0n) is 12.6. The second-order valence-corrected chi connectivity index (χ2v) is 7.79. The molecule has 6 heteroatoms. The van der Waals surface area contributed by atoms with Crippen LogP contribution in [0.15, 0.2) is 35.7 Å². The molecule has 0 bridgehead atoms. The first kappa shape index (κ1) is 14.9. The molecule has 1 fully saturated rings. The van der Waals surface area contributed by atoms with Crippen molar-refractivity contribution in [2.45, 2.75) is 11.7 Å². The number of nitrogens with zero attached hydrogens (tertiary/aromatic N) is 1. The van der Waals surface area contributed by atoms with E-state index in [2.05, 4.69) is 12.1 Å². The fraction of sp³-hybridized carbons (Fsp3) is 0.353. The number of benzene rings is 1. The lowest BCUT2D eigenvalue weighted by atomic mass is 10.1. The van der Waals surface area contributed by atoms with Crippen molar-refractivity contribution in [3.63, 3.8) is 0 Å². The van der Waals surface area contributed by atoms with Gasteiger partial charge in [0.25, 0.3) is 5.91 Å². The van der Waals surface area contributed by atoms with Gasteiger partial charge < -0.3 is 14.4 Å². The number of fused-ring (bicyclic) bond motifs is 1. The minimum atomic E-state index is 0.159. The van der Waals surface area contributed by atoms with Crippen LogP contribution in [0, 0.1) is 0 Å². The predicted octanol–water partition coefficient (Wildman–Crippen LogP) is 3.80. The third-order valence-corrected chi connectivity index (χ3v) is 6.32. The topological polar surface area (TPSA) is 38.8 Å². The van der Waals surface area contributed by atoms with Crippen LogP contribution in [0.4, 0.5) is 0 Å². The van der Waals surface area contributed by atoms with Crippen LogP contribution in [0.2, 0.25) is 0 Å². The summed E-state index contributed by atoms with van der Waals surface area (Å²) in [7, 11) is 0. The van der Waals surface area contributed by atoms with Crippen molar-refractivity contribution in [3.05, 3.63) is 46.2 Å². The summed E-state index contributed by atoms with van der Waals surface area (Å²) < 4.78 is 10.8. The molecule has 1 amide bonds. The number of thioether (sulfide) groups is 1. The SMILES string of the molecule is O=C(c1cccs1)N1CCSC(c2ccc3c(c2)OCO3)CC1. The average molecular weight is 347 g/mol. The number of carbonyl (C=O) groups is 1. The van der Waals surface area contributed by atoms with Crippen molar-refractivity contribution in [3.8, 4) is 11.5 Å². The van der Waals surface area contributed by atoms with Crippen LogP contribution in [0.1, 0.15) is 26.9 Å². The first-order valence-corrected chi connectivity index (χ1v) is 9.58. The molecule has 2 aromatic rings. The maximum atomic E-state index is 12.5. The van der Waals surface area contributed by atoms with Crippen molar-refractivity contribution < 1.29 is 14.3 Å². The van der Waals surface area contributed by atoms with Gasteiger partial charge in [-0.25, -0.2) is 0 Å². The third kappa shape index (κ3) is 3.05. The van der Waals surface area contributed by atoms with Crippen LogP contribution >= 0.6 is 23.1 Å². The zero-order chi connectivity index (χ0) is 15.6. The van der Waals surface area contributed by atoms with E-state index in [-0.39, 0.29) is 5.91 Å². The Bertz CT molecular complexity index is 702. The number of carbonyl (C=O) groups excluding carboxylic acids is 1. The molecule has 0 saturated carbocycles. The van der Waals surface area contributed by atoms with E-state index in [9.17, 15) is 4.79 Å². The summed E-state index contributed by atoms with van der Waals surface area (Å²) in [5.74, 6) is 2.77. The number of ether oxygens (including phenoxy) is 2. The Morgan fingerprint density at radius 1 is 1.17 bits per heavy atom. The second kappa shape index (κ2) is 6.45. The first-order chi connectivity index (χ1) is 11.3. The normalized spacial score (nSPS) is 20.3. The van der Waals surface area contributed by atoms with Crippen molar-refractivity contribution >= 4 is 29.0 Å². The molecule has 1 aromatic heterocycles. The van der Waals surface area contributed by atoms with Crippen LogP contribution < -0.4 is 9.47 Å². The Morgan fingerprint density at radius 2 is 2.09 bits per heavy atom. The summed E-state index contributed by atoms with van der Waals surface area (Å²) >= 11 is 3.43. The Kier molecular flexibility index (Phi) is 4.18. The highest BCUT2D eigenvalue weighted by Gasteiger charge is 2.24. The Balaban J connectivity index is 1.46. The average Bonchev–Trinajstić information content (AvgIpc) is 3.20. The van der Waals surface area contributed by atoms with Gasteiger partial charge >= 0.3 is 0 Å². The van der Waals surface area contributed by atoms with Gasteiger partial charge in [0.2, 0.25) is 6.79 Å². The number of hydrogen-bond acceptors (Lipinski definition) is 5.